The largest absolute Gasteiger partial charge is 0.386 e. The first-order valence-corrected chi connectivity index (χ1v) is 2.06. The third-order valence-corrected chi connectivity index (χ3v) is 0.510. The number of ketones is 1. The molecule has 0 spiro atoms. The minimum atomic E-state index is -0.273. The Bertz CT molecular complexity index is 133. The summed E-state index contributed by atoms with van der Waals surface area (Å²) in [7, 11) is 0. The van der Waals surface area contributed by atoms with Crippen LogP contribution in [0.3, 0.4) is 0 Å². The molecule has 0 aliphatic heterocycles. The van der Waals surface area contributed by atoms with Gasteiger partial charge in [0.05, 0.1) is 5.82 Å². The van der Waals surface area contributed by atoms with Crippen molar-refractivity contribution in [2.24, 2.45) is 11.5 Å². The van der Waals surface area contributed by atoms with Crippen LogP contribution in [0.1, 0.15) is 0 Å². The molecule has 0 heterocycles. The number of hydrogen-bond acceptors (Lipinski definition) is 3. The van der Waals surface area contributed by atoms with Crippen LogP contribution in [0.5, 0.6) is 0 Å². The van der Waals surface area contributed by atoms with Crippen molar-refractivity contribution in [3.63, 3.8) is 0 Å². The van der Waals surface area contributed by atoms with Gasteiger partial charge in [-0.25, -0.2) is 0 Å². The second kappa shape index (κ2) is 2.85. The lowest BCUT2D eigenvalue weighted by Gasteiger charge is -1.84. The molecule has 0 aromatic heterocycles. The van der Waals surface area contributed by atoms with Gasteiger partial charge in [-0.15, -0.1) is 0 Å². The Balaban J connectivity index is 3.89. The average molecular weight is 112 g/mol. The third-order valence-electron chi connectivity index (χ3n) is 0.510. The fourth-order valence-electron chi connectivity index (χ4n) is 0.223. The third kappa shape index (κ3) is 2.96. The van der Waals surface area contributed by atoms with Crippen molar-refractivity contribution in [3.05, 3.63) is 24.6 Å². The molecule has 0 aromatic rings. The number of carbonyl (C=O) groups excluding carboxylic acids is 1. The van der Waals surface area contributed by atoms with E-state index in [1.807, 2.05) is 0 Å². The summed E-state index contributed by atoms with van der Waals surface area (Å²) in [4.78, 5) is 10.3. The highest BCUT2D eigenvalue weighted by atomic mass is 16.1. The van der Waals surface area contributed by atoms with Crippen molar-refractivity contribution in [2.75, 3.05) is 0 Å². The van der Waals surface area contributed by atoms with Gasteiger partial charge in [0.1, 0.15) is 0 Å². The molecule has 0 saturated carbocycles. The van der Waals surface area contributed by atoms with E-state index in [-0.39, 0.29) is 11.6 Å². The summed E-state index contributed by atoms with van der Waals surface area (Å²) in [5.41, 5.74) is 9.88. The van der Waals surface area contributed by atoms with Crippen LogP contribution in [0, 0.1) is 0 Å². The molecule has 0 radical (unpaired) electrons. The number of nitrogens with two attached hydrogens (primary N) is 2. The molecule has 0 aromatic carbocycles. The van der Waals surface area contributed by atoms with Gasteiger partial charge in [-0.3, -0.25) is 4.79 Å². The highest BCUT2D eigenvalue weighted by Crippen LogP contribution is 1.75. The van der Waals surface area contributed by atoms with E-state index in [9.17, 15) is 4.79 Å². The summed E-state index contributed by atoms with van der Waals surface area (Å²) < 4.78 is 0. The van der Waals surface area contributed by atoms with E-state index in [2.05, 4.69) is 6.58 Å². The molecule has 8 heavy (non-hydrogen) atoms. The SMILES string of the molecule is C=CC(=O)C=C(N)N. The van der Waals surface area contributed by atoms with Gasteiger partial charge in [0.25, 0.3) is 0 Å². The van der Waals surface area contributed by atoms with Crippen molar-refractivity contribution in [1.29, 1.82) is 0 Å². The number of carbonyl (C=O) groups is 1. The standard InChI is InChI=1S/C5H8N2O/c1-2-4(8)3-5(6)7/h2-3H,1,6-7H2. The molecule has 0 aliphatic carbocycles. The first-order valence-electron chi connectivity index (χ1n) is 2.06. The lowest BCUT2D eigenvalue weighted by Crippen LogP contribution is -2.09. The van der Waals surface area contributed by atoms with E-state index in [0.29, 0.717) is 0 Å². The molecule has 3 heteroatoms. The summed E-state index contributed by atoms with van der Waals surface area (Å²) in [5, 5.41) is 0. The van der Waals surface area contributed by atoms with Crippen LogP contribution in [0.25, 0.3) is 0 Å². The van der Waals surface area contributed by atoms with Crippen LogP contribution in [-0.4, -0.2) is 5.78 Å². The summed E-state index contributed by atoms with van der Waals surface area (Å²) in [5.74, 6) is -0.264. The Morgan fingerprint density at radius 2 is 2.00 bits per heavy atom. The maximum absolute atomic E-state index is 10.3. The molecule has 0 aliphatic rings. The number of allylic oxidation sites excluding steroid dienone is 2. The summed E-state index contributed by atoms with van der Waals surface area (Å²) in [6, 6.07) is 0. The van der Waals surface area contributed by atoms with Crippen LogP contribution in [0.2, 0.25) is 0 Å². The van der Waals surface area contributed by atoms with Crippen molar-refractivity contribution < 1.29 is 4.79 Å². The van der Waals surface area contributed by atoms with Gasteiger partial charge in [0.15, 0.2) is 5.78 Å². The van der Waals surface area contributed by atoms with Crippen LogP contribution in [-0.2, 0) is 4.79 Å². The van der Waals surface area contributed by atoms with E-state index in [1.165, 1.54) is 0 Å². The highest BCUT2D eigenvalue weighted by molar-refractivity contribution is 5.98. The Morgan fingerprint density at radius 1 is 1.50 bits per heavy atom. The van der Waals surface area contributed by atoms with E-state index >= 15 is 0 Å². The first kappa shape index (κ1) is 6.75. The van der Waals surface area contributed by atoms with E-state index in [0.717, 1.165) is 12.2 Å². The molecular weight excluding hydrogens is 104 g/mol. The zero-order chi connectivity index (χ0) is 6.57. The molecule has 0 rings (SSSR count). The Hall–Kier alpha value is -1.25. The van der Waals surface area contributed by atoms with Gasteiger partial charge in [-0.05, 0) is 6.08 Å². The quantitative estimate of drug-likeness (QED) is 0.473. The molecule has 0 atom stereocenters. The minimum absolute atomic E-state index is 0.00917. The molecule has 3 nitrogen and oxygen atoms in total. The van der Waals surface area contributed by atoms with Crippen LogP contribution in [0.15, 0.2) is 24.6 Å². The summed E-state index contributed by atoms with van der Waals surface area (Å²) in [6.07, 6.45) is 2.24. The maximum Gasteiger partial charge on any atom is 0.181 e. The minimum Gasteiger partial charge on any atom is -0.386 e. The van der Waals surface area contributed by atoms with Crippen LogP contribution in [0.4, 0.5) is 0 Å². The zero-order valence-electron chi connectivity index (χ0n) is 4.42. The second-order valence-electron chi connectivity index (χ2n) is 1.25. The molecule has 0 bridgehead atoms. The molecule has 0 amide bonds. The molecule has 44 valence electrons. The van der Waals surface area contributed by atoms with Gasteiger partial charge in [-0.2, -0.15) is 0 Å². The van der Waals surface area contributed by atoms with E-state index < -0.39 is 0 Å². The van der Waals surface area contributed by atoms with Gasteiger partial charge < -0.3 is 11.5 Å². The highest BCUT2D eigenvalue weighted by Gasteiger charge is 1.85. The Labute approximate surface area is 47.7 Å². The average Bonchev–Trinajstić information content (AvgIpc) is 1.65. The van der Waals surface area contributed by atoms with Crippen molar-refractivity contribution in [1.82, 2.24) is 0 Å². The molecule has 0 fully saturated rings. The van der Waals surface area contributed by atoms with Crippen molar-refractivity contribution >= 4 is 5.78 Å². The lowest BCUT2D eigenvalue weighted by molar-refractivity contribution is -0.110. The molecule has 0 unspecified atom stereocenters. The van der Waals surface area contributed by atoms with Gasteiger partial charge >= 0.3 is 0 Å². The first-order chi connectivity index (χ1) is 3.66. The van der Waals surface area contributed by atoms with Crippen molar-refractivity contribution in [3.8, 4) is 0 Å². The second-order valence-corrected chi connectivity index (χ2v) is 1.25. The number of rotatable bonds is 2. The van der Waals surface area contributed by atoms with E-state index in [4.69, 9.17) is 11.5 Å². The fourth-order valence-corrected chi connectivity index (χ4v) is 0.223. The number of hydrogen-bond donors (Lipinski definition) is 2. The van der Waals surface area contributed by atoms with Crippen molar-refractivity contribution in [2.45, 2.75) is 0 Å². The summed E-state index contributed by atoms with van der Waals surface area (Å²) in [6.45, 7) is 3.21. The monoisotopic (exact) mass is 112 g/mol. The molecular formula is C5H8N2O. The van der Waals surface area contributed by atoms with E-state index in [1.54, 1.807) is 0 Å². The normalized spacial score (nSPS) is 7.50. The van der Waals surface area contributed by atoms with Gasteiger partial charge in [0, 0.05) is 6.08 Å². The molecule has 4 N–H and O–H groups in total. The molecule has 0 saturated heterocycles. The predicted molar refractivity (Wildman–Crippen MR) is 31.7 cm³/mol. The lowest BCUT2D eigenvalue weighted by atomic mass is 10.4. The Kier molecular flexibility index (Phi) is 2.40. The fraction of sp³-hybridized carbons (Fsp3) is 0. The van der Waals surface area contributed by atoms with Gasteiger partial charge in [-0.1, -0.05) is 6.58 Å². The Morgan fingerprint density at radius 3 is 2.12 bits per heavy atom. The van der Waals surface area contributed by atoms with Gasteiger partial charge in [0.2, 0.25) is 0 Å². The van der Waals surface area contributed by atoms with Crippen LogP contribution >= 0.6 is 0 Å². The zero-order valence-corrected chi connectivity index (χ0v) is 4.42. The topological polar surface area (TPSA) is 69.1 Å². The summed E-state index contributed by atoms with van der Waals surface area (Å²) >= 11 is 0. The maximum atomic E-state index is 10.3. The predicted octanol–water partition coefficient (Wildman–Crippen LogP) is -0.500. The van der Waals surface area contributed by atoms with Crippen LogP contribution < -0.4 is 11.5 Å². The smallest absolute Gasteiger partial charge is 0.181 e.